The topological polar surface area (TPSA) is 92.9 Å². The number of aliphatic hydroxyl groups excluding tert-OH is 1. The van der Waals surface area contributed by atoms with Crippen LogP contribution in [0.1, 0.15) is 32.4 Å². The fourth-order valence-corrected chi connectivity index (χ4v) is 1.91. The second-order valence-corrected chi connectivity index (χ2v) is 4.51. The summed E-state index contributed by atoms with van der Waals surface area (Å²) in [6.07, 6.45) is -0.927. The number of aliphatic hydroxyl groups is 1. The van der Waals surface area contributed by atoms with Crippen molar-refractivity contribution in [1.29, 1.82) is 0 Å². The number of hydrogen-bond donors (Lipinski definition) is 1. The molecule has 1 atom stereocenters. The number of hydrogen-bond acceptors (Lipinski definition) is 5. The number of nitro benzene ring substituents is 1. The summed E-state index contributed by atoms with van der Waals surface area (Å²) >= 11 is 0. The number of non-ortho nitro benzene ring substituents is 1. The fourth-order valence-electron chi connectivity index (χ4n) is 1.91. The Morgan fingerprint density at radius 1 is 1.43 bits per heavy atom. The summed E-state index contributed by atoms with van der Waals surface area (Å²) in [6.45, 7) is 6.23. The lowest BCUT2D eigenvalue weighted by Crippen LogP contribution is -2.34. The van der Waals surface area contributed by atoms with Crippen molar-refractivity contribution < 1.29 is 19.6 Å². The summed E-state index contributed by atoms with van der Waals surface area (Å²) in [4.78, 5) is 23.7. The van der Waals surface area contributed by atoms with E-state index in [9.17, 15) is 20.0 Å². The number of rotatable bonds is 7. The zero-order valence-corrected chi connectivity index (χ0v) is 12.4. The van der Waals surface area contributed by atoms with Crippen LogP contribution in [0.5, 0.6) is 5.75 Å². The van der Waals surface area contributed by atoms with E-state index in [1.54, 1.807) is 4.90 Å². The maximum Gasteiger partial charge on any atom is 0.270 e. The second-order valence-electron chi connectivity index (χ2n) is 4.51. The SMILES string of the molecule is CCN(CC)C(=O)COc1ccc([N+](=O)[O-])cc1C(C)O. The second kappa shape index (κ2) is 7.58. The molecular weight excluding hydrogens is 276 g/mol. The Morgan fingerprint density at radius 2 is 2.05 bits per heavy atom. The highest BCUT2D eigenvalue weighted by atomic mass is 16.6. The molecule has 1 amide bonds. The summed E-state index contributed by atoms with van der Waals surface area (Å²) in [6, 6.07) is 3.93. The van der Waals surface area contributed by atoms with Crippen LogP contribution in [0, 0.1) is 10.1 Å². The lowest BCUT2D eigenvalue weighted by Gasteiger charge is -2.19. The van der Waals surface area contributed by atoms with Crippen molar-refractivity contribution in [2.75, 3.05) is 19.7 Å². The highest BCUT2D eigenvalue weighted by Gasteiger charge is 2.17. The van der Waals surface area contributed by atoms with Crippen LogP contribution in [-0.2, 0) is 4.79 Å². The molecule has 1 unspecified atom stereocenters. The number of nitrogens with zero attached hydrogens (tertiary/aromatic N) is 2. The van der Waals surface area contributed by atoms with E-state index in [2.05, 4.69) is 0 Å². The van der Waals surface area contributed by atoms with E-state index in [1.165, 1.54) is 25.1 Å². The van der Waals surface area contributed by atoms with Gasteiger partial charge in [-0.15, -0.1) is 0 Å². The van der Waals surface area contributed by atoms with Gasteiger partial charge in [0.2, 0.25) is 0 Å². The Morgan fingerprint density at radius 3 is 2.52 bits per heavy atom. The monoisotopic (exact) mass is 296 g/mol. The van der Waals surface area contributed by atoms with Crippen LogP contribution in [0.4, 0.5) is 5.69 Å². The summed E-state index contributed by atoms with van der Waals surface area (Å²) in [7, 11) is 0. The average molecular weight is 296 g/mol. The predicted octanol–water partition coefficient (Wildman–Crippen LogP) is 1.90. The Hall–Kier alpha value is -2.15. The van der Waals surface area contributed by atoms with E-state index in [0.29, 0.717) is 13.1 Å². The van der Waals surface area contributed by atoms with Crippen molar-refractivity contribution in [3.63, 3.8) is 0 Å². The smallest absolute Gasteiger partial charge is 0.270 e. The molecule has 0 heterocycles. The minimum atomic E-state index is -0.927. The van der Waals surface area contributed by atoms with E-state index in [1.807, 2.05) is 13.8 Å². The van der Waals surface area contributed by atoms with Crippen molar-refractivity contribution in [2.45, 2.75) is 26.9 Å². The van der Waals surface area contributed by atoms with Gasteiger partial charge in [0.25, 0.3) is 11.6 Å². The van der Waals surface area contributed by atoms with Gasteiger partial charge in [-0.3, -0.25) is 14.9 Å². The van der Waals surface area contributed by atoms with E-state index in [4.69, 9.17) is 4.74 Å². The predicted molar refractivity (Wildman–Crippen MR) is 77.2 cm³/mol. The number of nitro groups is 1. The molecule has 21 heavy (non-hydrogen) atoms. The quantitative estimate of drug-likeness (QED) is 0.612. The summed E-state index contributed by atoms with van der Waals surface area (Å²) in [5.41, 5.74) is 0.157. The fraction of sp³-hybridized carbons (Fsp3) is 0.500. The normalized spacial score (nSPS) is 11.8. The largest absolute Gasteiger partial charge is 0.483 e. The lowest BCUT2D eigenvalue weighted by molar-refractivity contribution is -0.385. The van der Waals surface area contributed by atoms with Crippen molar-refractivity contribution in [2.24, 2.45) is 0 Å². The zero-order valence-electron chi connectivity index (χ0n) is 12.4. The maximum atomic E-state index is 11.9. The highest BCUT2D eigenvalue weighted by molar-refractivity contribution is 5.77. The van der Waals surface area contributed by atoms with Gasteiger partial charge in [-0.05, 0) is 26.8 Å². The standard InChI is InChI=1S/C14H20N2O5/c1-4-15(5-2)14(18)9-21-13-7-6-11(16(19)20)8-12(13)10(3)17/h6-8,10,17H,4-5,9H2,1-3H3. The molecule has 1 rings (SSSR count). The molecule has 0 aliphatic heterocycles. The van der Waals surface area contributed by atoms with Gasteiger partial charge in [-0.2, -0.15) is 0 Å². The molecule has 0 aliphatic rings. The number of benzene rings is 1. The first-order valence-electron chi connectivity index (χ1n) is 6.77. The Bertz CT molecular complexity index is 512. The van der Waals surface area contributed by atoms with E-state index in [-0.39, 0.29) is 29.5 Å². The van der Waals surface area contributed by atoms with Crippen LogP contribution in [0.15, 0.2) is 18.2 Å². The first-order valence-corrected chi connectivity index (χ1v) is 6.77. The summed E-state index contributed by atoms with van der Waals surface area (Å²) < 4.78 is 5.41. The molecule has 1 aromatic carbocycles. The molecule has 116 valence electrons. The van der Waals surface area contributed by atoms with Gasteiger partial charge in [-0.1, -0.05) is 0 Å². The maximum absolute atomic E-state index is 11.9. The third-order valence-electron chi connectivity index (χ3n) is 3.12. The molecule has 7 nitrogen and oxygen atoms in total. The Labute approximate surface area is 123 Å². The molecule has 0 radical (unpaired) electrons. The summed E-state index contributed by atoms with van der Waals surface area (Å²) in [5, 5.41) is 20.4. The number of carbonyl (C=O) groups is 1. The van der Waals surface area contributed by atoms with Gasteiger partial charge in [-0.25, -0.2) is 0 Å². The van der Waals surface area contributed by atoms with Gasteiger partial charge >= 0.3 is 0 Å². The molecule has 0 aromatic heterocycles. The van der Waals surface area contributed by atoms with Gasteiger partial charge in [0.15, 0.2) is 6.61 Å². The number of amides is 1. The third-order valence-corrected chi connectivity index (χ3v) is 3.12. The van der Waals surface area contributed by atoms with Crippen LogP contribution >= 0.6 is 0 Å². The zero-order chi connectivity index (χ0) is 16.0. The minimum absolute atomic E-state index is 0.131. The number of ether oxygens (including phenoxy) is 1. The van der Waals surface area contributed by atoms with Gasteiger partial charge < -0.3 is 14.7 Å². The van der Waals surface area contributed by atoms with Crippen molar-refractivity contribution >= 4 is 11.6 Å². The Balaban J connectivity index is 2.88. The van der Waals surface area contributed by atoms with Crippen molar-refractivity contribution in [1.82, 2.24) is 4.90 Å². The van der Waals surface area contributed by atoms with Crippen LogP contribution < -0.4 is 4.74 Å². The molecule has 0 bridgehead atoms. The molecule has 0 spiro atoms. The van der Waals surface area contributed by atoms with E-state index >= 15 is 0 Å². The van der Waals surface area contributed by atoms with E-state index < -0.39 is 11.0 Å². The molecular formula is C14H20N2O5. The molecule has 1 N–H and O–H groups in total. The van der Waals surface area contributed by atoms with E-state index in [0.717, 1.165) is 0 Å². The lowest BCUT2D eigenvalue weighted by atomic mass is 10.1. The molecule has 0 saturated heterocycles. The first-order chi connectivity index (χ1) is 9.90. The van der Waals surface area contributed by atoms with Crippen LogP contribution in [0.2, 0.25) is 0 Å². The van der Waals surface area contributed by atoms with Gasteiger partial charge in [0.1, 0.15) is 5.75 Å². The van der Waals surface area contributed by atoms with Gasteiger partial charge in [0, 0.05) is 30.8 Å². The first kappa shape index (κ1) is 16.9. The minimum Gasteiger partial charge on any atom is -0.483 e. The summed E-state index contributed by atoms with van der Waals surface area (Å²) in [5.74, 6) is 0.103. The number of likely N-dealkylation sites (N-methyl/N-ethyl adjacent to an activating group) is 1. The van der Waals surface area contributed by atoms with Crippen molar-refractivity contribution in [3.05, 3.63) is 33.9 Å². The highest BCUT2D eigenvalue weighted by Crippen LogP contribution is 2.29. The Kier molecular flexibility index (Phi) is 6.10. The van der Waals surface area contributed by atoms with Crippen LogP contribution in [0.25, 0.3) is 0 Å². The molecule has 0 aliphatic carbocycles. The molecule has 1 aromatic rings. The molecule has 0 fully saturated rings. The van der Waals surface area contributed by atoms with Crippen LogP contribution in [0.3, 0.4) is 0 Å². The average Bonchev–Trinajstić information content (AvgIpc) is 2.45. The van der Waals surface area contributed by atoms with Crippen LogP contribution in [-0.4, -0.2) is 40.5 Å². The van der Waals surface area contributed by atoms with Gasteiger partial charge in [0.05, 0.1) is 11.0 Å². The molecule has 7 heteroatoms. The molecule has 0 saturated carbocycles. The third kappa shape index (κ3) is 4.42. The number of carbonyl (C=O) groups excluding carboxylic acids is 1. The van der Waals surface area contributed by atoms with Crippen molar-refractivity contribution in [3.8, 4) is 5.75 Å².